The molecule has 2 rings (SSSR count). The molecule has 1 aromatic heterocycles. The molecule has 0 spiro atoms. The molecule has 0 saturated carbocycles. The van der Waals surface area contributed by atoms with Gasteiger partial charge in [0.05, 0.1) is 23.8 Å². The monoisotopic (exact) mass is 315 g/mol. The standard InChI is InChI=1S/C13H21N3O4S/c1-16(2)11(12-4-3-6-20-12)8-14-13(17)15-10-5-7-21(18,19)9-10/h3-4,6,10-11H,5,7-9H2,1-2H3,(H2,14,15,17)/t10-,11-/m0/s1. The van der Waals surface area contributed by atoms with Crippen molar-refractivity contribution in [3.8, 4) is 0 Å². The predicted molar refractivity (Wildman–Crippen MR) is 78.7 cm³/mol. The van der Waals surface area contributed by atoms with Crippen LogP contribution >= 0.6 is 0 Å². The molecular weight excluding hydrogens is 294 g/mol. The summed E-state index contributed by atoms with van der Waals surface area (Å²) in [7, 11) is 0.811. The lowest BCUT2D eigenvalue weighted by atomic mass is 10.2. The van der Waals surface area contributed by atoms with Crippen molar-refractivity contribution < 1.29 is 17.6 Å². The van der Waals surface area contributed by atoms with Crippen LogP contribution in [0.2, 0.25) is 0 Å². The molecule has 1 fully saturated rings. The van der Waals surface area contributed by atoms with E-state index in [1.807, 2.05) is 25.1 Å². The summed E-state index contributed by atoms with van der Waals surface area (Å²) < 4.78 is 28.0. The van der Waals surface area contributed by atoms with Crippen molar-refractivity contribution >= 4 is 15.9 Å². The summed E-state index contributed by atoms with van der Waals surface area (Å²) >= 11 is 0. The molecule has 0 radical (unpaired) electrons. The van der Waals surface area contributed by atoms with Crippen LogP contribution in [0.5, 0.6) is 0 Å². The predicted octanol–water partition coefficient (Wildman–Crippen LogP) is 0.369. The van der Waals surface area contributed by atoms with Crippen molar-refractivity contribution in [1.29, 1.82) is 0 Å². The Balaban J connectivity index is 1.83. The minimum atomic E-state index is -2.99. The fourth-order valence-electron chi connectivity index (χ4n) is 2.35. The Morgan fingerprint density at radius 1 is 1.52 bits per heavy atom. The Morgan fingerprint density at radius 3 is 2.81 bits per heavy atom. The van der Waals surface area contributed by atoms with Crippen molar-refractivity contribution in [1.82, 2.24) is 15.5 Å². The number of hydrogen-bond donors (Lipinski definition) is 2. The summed E-state index contributed by atoms with van der Waals surface area (Å²) in [5.41, 5.74) is 0. The zero-order chi connectivity index (χ0) is 15.5. The van der Waals surface area contributed by atoms with E-state index < -0.39 is 9.84 Å². The minimum absolute atomic E-state index is 0.0235. The molecule has 0 aromatic carbocycles. The van der Waals surface area contributed by atoms with E-state index in [0.29, 0.717) is 13.0 Å². The van der Waals surface area contributed by atoms with Crippen molar-refractivity contribution in [2.45, 2.75) is 18.5 Å². The van der Waals surface area contributed by atoms with Gasteiger partial charge in [0.25, 0.3) is 0 Å². The van der Waals surface area contributed by atoms with Gasteiger partial charge >= 0.3 is 6.03 Å². The first-order valence-corrected chi connectivity index (χ1v) is 8.64. The van der Waals surface area contributed by atoms with Crippen LogP contribution in [-0.2, 0) is 9.84 Å². The Morgan fingerprint density at radius 2 is 2.29 bits per heavy atom. The molecule has 118 valence electrons. The SMILES string of the molecule is CN(C)[C@@H](CNC(=O)N[C@H]1CCS(=O)(=O)C1)c1ccco1. The Hall–Kier alpha value is -1.54. The fraction of sp³-hybridized carbons (Fsp3) is 0.615. The summed E-state index contributed by atoms with van der Waals surface area (Å²) in [6, 6.07) is 2.94. The number of sulfone groups is 1. The maximum Gasteiger partial charge on any atom is 0.315 e. The molecule has 21 heavy (non-hydrogen) atoms. The molecule has 0 bridgehead atoms. The fourth-order valence-corrected chi connectivity index (χ4v) is 4.03. The van der Waals surface area contributed by atoms with E-state index in [2.05, 4.69) is 10.6 Å². The highest BCUT2D eigenvalue weighted by atomic mass is 32.2. The Kier molecular flexibility index (Phi) is 4.89. The van der Waals surface area contributed by atoms with E-state index in [-0.39, 0.29) is 29.6 Å². The number of likely N-dealkylation sites (N-methyl/N-ethyl adjacent to an activating group) is 1. The van der Waals surface area contributed by atoms with Crippen LogP contribution < -0.4 is 10.6 Å². The normalized spacial score (nSPS) is 22.1. The number of carbonyl (C=O) groups excluding carboxylic acids is 1. The van der Waals surface area contributed by atoms with Gasteiger partial charge in [0.15, 0.2) is 9.84 Å². The molecule has 1 aliphatic rings. The van der Waals surface area contributed by atoms with Crippen LogP contribution in [0.4, 0.5) is 4.79 Å². The molecule has 0 aliphatic carbocycles. The lowest BCUT2D eigenvalue weighted by molar-refractivity contribution is 0.223. The Bertz CT molecular complexity index is 568. The van der Waals surface area contributed by atoms with Crippen LogP contribution in [0.25, 0.3) is 0 Å². The molecule has 8 heteroatoms. The number of urea groups is 1. The quantitative estimate of drug-likeness (QED) is 0.819. The highest BCUT2D eigenvalue weighted by Gasteiger charge is 2.29. The van der Waals surface area contributed by atoms with Crippen molar-refractivity contribution in [3.05, 3.63) is 24.2 Å². The van der Waals surface area contributed by atoms with Crippen molar-refractivity contribution in [3.63, 3.8) is 0 Å². The number of amides is 2. The number of hydrogen-bond acceptors (Lipinski definition) is 5. The van der Waals surface area contributed by atoms with Gasteiger partial charge in [0.2, 0.25) is 0 Å². The summed E-state index contributed by atoms with van der Waals surface area (Å²) in [6.45, 7) is 0.381. The maximum absolute atomic E-state index is 11.8. The summed E-state index contributed by atoms with van der Waals surface area (Å²) in [5.74, 6) is 0.934. The van der Waals surface area contributed by atoms with E-state index in [4.69, 9.17) is 4.42 Å². The van der Waals surface area contributed by atoms with Gasteiger partial charge in [-0.1, -0.05) is 0 Å². The van der Waals surface area contributed by atoms with Gasteiger partial charge in [0.1, 0.15) is 5.76 Å². The van der Waals surface area contributed by atoms with Gasteiger partial charge in [-0.15, -0.1) is 0 Å². The Labute approximate surface area is 124 Å². The van der Waals surface area contributed by atoms with E-state index >= 15 is 0 Å². The van der Waals surface area contributed by atoms with Gasteiger partial charge in [-0.3, -0.25) is 4.90 Å². The minimum Gasteiger partial charge on any atom is -0.468 e. The first kappa shape index (κ1) is 15.8. The smallest absolute Gasteiger partial charge is 0.315 e. The number of carbonyl (C=O) groups is 1. The van der Waals surface area contributed by atoms with Crippen LogP contribution in [0.15, 0.2) is 22.8 Å². The van der Waals surface area contributed by atoms with Crippen LogP contribution in [0.3, 0.4) is 0 Å². The summed E-state index contributed by atoms with van der Waals surface area (Å²) in [4.78, 5) is 13.8. The van der Waals surface area contributed by atoms with Gasteiger partial charge in [-0.05, 0) is 32.6 Å². The van der Waals surface area contributed by atoms with E-state index in [1.54, 1.807) is 12.3 Å². The topological polar surface area (TPSA) is 91.7 Å². The average Bonchev–Trinajstić information content (AvgIpc) is 2.99. The molecule has 2 atom stereocenters. The highest BCUT2D eigenvalue weighted by Crippen LogP contribution is 2.17. The van der Waals surface area contributed by atoms with E-state index in [1.165, 1.54) is 0 Å². The number of rotatable bonds is 5. The second-order valence-electron chi connectivity index (χ2n) is 5.45. The largest absolute Gasteiger partial charge is 0.468 e. The molecule has 2 heterocycles. The highest BCUT2D eigenvalue weighted by molar-refractivity contribution is 7.91. The molecule has 2 N–H and O–H groups in total. The molecule has 7 nitrogen and oxygen atoms in total. The summed E-state index contributed by atoms with van der Waals surface area (Å²) in [5, 5.41) is 5.46. The van der Waals surface area contributed by atoms with Crippen LogP contribution in [-0.4, -0.2) is 57.5 Å². The van der Waals surface area contributed by atoms with Gasteiger partial charge in [0, 0.05) is 12.6 Å². The van der Waals surface area contributed by atoms with Crippen molar-refractivity contribution in [2.75, 3.05) is 32.1 Å². The first-order chi connectivity index (χ1) is 9.87. The third-order valence-corrected chi connectivity index (χ3v) is 5.29. The number of nitrogens with one attached hydrogen (secondary N) is 2. The molecule has 1 saturated heterocycles. The van der Waals surface area contributed by atoms with Gasteiger partial charge < -0.3 is 15.1 Å². The van der Waals surface area contributed by atoms with Gasteiger partial charge in [-0.2, -0.15) is 0 Å². The van der Waals surface area contributed by atoms with Crippen LogP contribution in [0.1, 0.15) is 18.2 Å². The third-order valence-electron chi connectivity index (χ3n) is 3.52. The van der Waals surface area contributed by atoms with E-state index in [0.717, 1.165) is 5.76 Å². The number of nitrogens with zero attached hydrogens (tertiary/aromatic N) is 1. The molecule has 1 aromatic rings. The maximum atomic E-state index is 11.8. The molecule has 2 amide bonds. The van der Waals surface area contributed by atoms with Crippen LogP contribution in [0, 0.1) is 0 Å². The molecular formula is C13H21N3O4S. The zero-order valence-corrected chi connectivity index (χ0v) is 13.0. The van der Waals surface area contributed by atoms with E-state index in [9.17, 15) is 13.2 Å². The second kappa shape index (κ2) is 6.48. The molecule has 0 unspecified atom stereocenters. The average molecular weight is 315 g/mol. The molecule has 1 aliphatic heterocycles. The second-order valence-corrected chi connectivity index (χ2v) is 7.68. The van der Waals surface area contributed by atoms with Gasteiger partial charge in [-0.25, -0.2) is 13.2 Å². The first-order valence-electron chi connectivity index (χ1n) is 6.82. The van der Waals surface area contributed by atoms with Crippen molar-refractivity contribution in [2.24, 2.45) is 0 Å². The lowest BCUT2D eigenvalue weighted by Gasteiger charge is -2.23. The number of furan rings is 1. The third kappa shape index (κ3) is 4.47. The summed E-state index contributed by atoms with van der Waals surface area (Å²) in [6.07, 6.45) is 2.07. The lowest BCUT2D eigenvalue weighted by Crippen LogP contribution is -2.45. The zero-order valence-electron chi connectivity index (χ0n) is 12.2.